The number of aliphatic carboxylic acids is 1. The third-order valence-electron chi connectivity index (χ3n) is 3.13. The molecule has 1 unspecified atom stereocenters. The standard InChI is InChI=1S/C11H16.C3H7NO2/c1-7-6-8(2)10(4)11(5)9(7)3;1-2(4)3(5)6/h6H,1-5H3;2H,4H2,1H3,(H,5,6). The summed E-state index contributed by atoms with van der Waals surface area (Å²) in [6.45, 7) is 12.4. The van der Waals surface area contributed by atoms with Crippen LogP contribution in [0.5, 0.6) is 0 Å². The van der Waals surface area contributed by atoms with Crippen LogP contribution in [0.15, 0.2) is 6.07 Å². The van der Waals surface area contributed by atoms with Crippen molar-refractivity contribution in [2.45, 2.75) is 47.6 Å². The van der Waals surface area contributed by atoms with Crippen LogP contribution in [-0.4, -0.2) is 17.1 Å². The Bertz CT molecular complexity index is 383. The zero-order valence-electron chi connectivity index (χ0n) is 11.6. The van der Waals surface area contributed by atoms with Crippen LogP contribution in [0.3, 0.4) is 0 Å². The second-order valence-electron chi connectivity index (χ2n) is 4.51. The zero-order valence-corrected chi connectivity index (χ0v) is 11.6. The van der Waals surface area contributed by atoms with E-state index in [1.54, 1.807) is 0 Å². The van der Waals surface area contributed by atoms with Gasteiger partial charge in [0.2, 0.25) is 0 Å². The molecule has 0 aliphatic rings. The molecule has 1 aromatic carbocycles. The molecule has 0 radical (unpaired) electrons. The van der Waals surface area contributed by atoms with Crippen LogP contribution in [0.1, 0.15) is 34.7 Å². The molecule has 3 N–H and O–H groups in total. The van der Waals surface area contributed by atoms with Crippen molar-refractivity contribution in [3.05, 3.63) is 33.9 Å². The van der Waals surface area contributed by atoms with Crippen molar-refractivity contribution in [2.75, 3.05) is 0 Å². The van der Waals surface area contributed by atoms with Gasteiger partial charge in [0.1, 0.15) is 6.04 Å². The summed E-state index contributed by atoms with van der Waals surface area (Å²) in [6.07, 6.45) is 0. The molecule has 0 saturated heterocycles. The number of nitrogens with two attached hydrogens (primary N) is 1. The summed E-state index contributed by atoms with van der Waals surface area (Å²) in [5.74, 6) is -0.963. The maximum Gasteiger partial charge on any atom is 0.320 e. The van der Waals surface area contributed by atoms with Crippen LogP contribution >= 0.6 is 0 Å². The molecular weight excluding hydrogens is 214 g/mol. The van der Waals surface area contributed by atoms with Gasteiger partial charge in [0.15, 0.2) is 0 Å². The van der Waals surface area contributed by atoms with Crippen molar-refractivity contribution in [3.8, 4) is 0 Å². The first kappa shape index (κ1) is 15.7. The molecule has 17 heavy (non-hydrogen) atoms. The lowest BCUT2D eigenvalue weighted by molar-refractivity contribution is -0.138. The van der Waals surface area contributed by atoms with Gasteiger partial charge in [-0.15, -0.1) is 0 Å². The van der Waals surface area contributed by atoms with E-state index in [1.807, 2.05) is 0 Å². The summed E-state index contributed by atoms with van der Waals surface area (Å²) >= 11 is 0. The Morgan fingerprint density at radius 3 is 1.59 bits per heavy atom. The molecule has 0 fully saturated rings. The highest BCUT2D eigenvalue weighted by molar-refractivity contribution is 5.72. The van der Waals surface area contributed by atoms with Gasteiger partial charge in [-0.1, -0.05) is 6.07 Å². The summed E-state index contributed by atoms with van der Waals surface area (Å²) < 4.78 is 0. The van der Waals surface area contributed by atoms with Crippen LogP contribution in [0, 0.1) is 34.6 Å². The molecule has 1 aromatic rings. The fourth-order valence-electron chi connectivity index (χ4n) is 1.41. The Kier molecular flexibility index (Phi) is 5.89. The van der Waals surface area contributed by atoms with Crippen LogP contribution in [0.25, 0.3) is 0 Å². The molecule has 0 aliphatic carbocycles. The van der Waals surface area contributed by atoms with Crippen molar-refractivity contribution >= 4 is 5.97 Å². The fraction of sp³-hybridized carbons (Fsp3) is 0.500. The van der Waals surface area contributed by atoms with E-state index < -0.39 is 12.0 Å². The molecule has 1 atom stereocenters. The largest absolute Gasteiger partial charge is 0.480 e. The van der Waals surface area contributed by atoms with E-state index in [-0.39, 0.29) is 0 Å². The van der Waals surface area contributed by atoms with Gasteiger partial charge >= 0.3 is 5.97 Å². The summed E-state index contributed by atoms with van der Waals surface area (Å²) in [5.41, 5.74) is 12.0. The minimum absolute atomic E-state index is 0.731. The Labute approximate surface area is 104 Å². The van der Waals surface area contributed by atoms with Gasteiger partial charge in [-0.05, 0) is 69.4 Å². The fourth-order valence-corrected chi connectivity index (χ4v) is 1.41. The van der Waals surface area contributed by atoms with Gasteiger partial charge < -0.3 is 10.8 Å². The second kappa shape index (κ2) is 6.40. The van der Waals surface area contributed by atoms with Crippen LogP contribution in [0.4, 0.5) is 0 Å². The Morgan fingerprint density at radius 2 is 1.35 bits per heavy atom. The molecule has 0 spiro atoms. The summed E-state index contributed by atoms with van der Waals surface area (Å²) in [6, 6.07) is 1.53. The van der Waals surface area contributed by atoms with Crippen LogP contribution in [-0.2, 0) is 4.79 Å². The Balaban J connectivity index is 0.000000366. The van der Waals surface area contributed by atoms with E-state index in [4.69, 9.17) is 10.8 Å². The normalized spacial score (nSPS) is 11.5. The average molecular weight is 237 g/mol. The van der Waals surface area contributed by atoms with Gasteiger partial charge in [-0.2, -0.15) is 0 Å². The lowest BCUT2D eigenvalue weighted by Gasteiger charge is -2.10. The van der Waals surface area contributed by atoms with Crippen molar-refractivity contribution in [1.82, 2.24) is 0 Å². The smallest absolute Gasteiger partial charge is 0.320 e. The first-order chi connectivity index (χ1) is 7.68. The maximum atomic E-state index is 9.57. The maximum absolute atomic E-state index is 9.57. The molecule has 1 rings (SSSR count). The van der Waals surface area contributed by atoms with E-state index in [0.29, 0.717) is 0 Å². The number of aryl methyl sites for hydroxylation is 2. The lowest BCUT2D eigenvalue weighted by atomic mass is 9.96. The first-order valence-corrected chi connectivity index (χ1v) is 5.70. The number of rotatable bonds is 1. The van der Waals surface area contributed by atoms with Gasteiger partial charge in [-0.3, -0.25) is 4.79 Å². The Morgan fingerprint density at radius 1 is 1.06 bits per heavy atom. The molecule has 0 bridgehead atoms. The predicted molar refractivity (Wildman–Crippen MR) is 71.4 cm³/mol. The summed E-state index contributed by atoms with van der Waals surface area (Å²) in [7, 11) is 0. The SMILES string of the molecule is CC(N)C(=O)O.Cc1cc(C)c(C)c(C)c1C. The molecule has 0 saturated carbocycles. The van der Waals surface area contributed by atoms with Crippen LogP contribution < -0.4 is 5.73 Å². The molecule has 0 aliphatic heterocycles. The average Bonchev–Trinajstić information content (AvgIpc) is 2.24. The van der Waals surface area contributed by atoms with Gasteiger partial charge in [0, 0.05) is 0 Å². The topological polar surface area (TPSA) is 63.3 Å². The van der Waals surface area contributed by atoms with E-state index in [1.165, 1.54) is 34.7 Å². The molecule has 3 nitrogen and oxygen atoms in total. The lowest BCUT2D eigenvalue weighted by Crippen LogP contribution is -2.25. The highest BCUT2D eigenvalue weighted by Gasteiger charge is 2.02. The highest BCUT2D eigenvalue weighted by atomic mass is 16.4. The molecule has 0 amide bonds. The molecule has 96 valence electrons. The molecular formula is C14H23NO2. The van der Waals surface area contributed by atoms with Crippen molar-refractivity contribution in [3.63, 3.8) is 0 Å². The van der Waals surface area contributed by atoms with Gasteiger partial charge in [0.05, 0.1) is 0 Å². The quantitative estimate of drug-likeness (QED) is 0.789. The van der Waals surface area contributed by atoms with E-state index in [9.17, 15) is 4.79 Å². The molecule has 3 heteroatoms. The number of carbonyl (C=O) groups is 1. The van der Waals surface area contributed by atoms with Crippen molar-refractivity contribution in [2.24, 2.45) is 5.73 Å². The molecule has 0 heterocycles. The summed E-state index contributed by atoms with van der Waals surface area (Å²) in [5, 5.41) is 7.87. The number of hydrogen-bond acceptors (Lipinski definition) is 2. The number of benzene rings is 1. The van der Waals surface area contributed by atoms with E-state index in [2.05, 4.69) is 40.7 Å². The third kappa shape index (κ3) is 4.57. The monoisotopic (exact) mass is 237 g/mol. The summed E-state index contributed by atoms with van der Waals surface area (Å²) in [4.78, 5) is 9.57. The number of carboxylic acid groups (broad SMARTS) is 1. The van der Waals surface area contributed by atoms with Gasteiger partial charge in [0.25, 0.3) is 0 Å². The van der Waals surface area contributed by atoms with Crippen molar-refractivity contribution < 1.29 is 9.90 Å². The minimum Gasteiger partial charge on any atom is -0.480 e. The van der Waals surface area contributed by atoms with E-state index >= 15 is 0 Å². The van der Waals surface area contributed by atoms with Crippen LogP contribution in [0.2, 0.25) is 0 Å². The highest BCUT2D eigenvalue weighted by Crippen LogP contribution is 2.19. The first-order valence-electron chi connectivity index (χ1n) is 5.70. The minimum atomic E-state index is -0.963. The number of carboxylic acids is 1. The van der Waals surface area contributed by atoms with Gasteiger partial charge in [-0.25, -0.2) is 0 Å². The number of hydrogen-bond donors (Lipinski definition) is 2. The third-order valence-corrected chi connectivity index (χ3v) is 3.13. The Hall–Kier alpha value is -1.35. The predicted octanol–water partition coefficient (Wildman–Crippen LogP) is 2.65. The van der Waals surface area contributed by atoms with E-state index in [0.717, 1.165) is 0 Å². The second-order valence-corrected chi connectivity index (χ2v) is 4.51. The molecule has 0 aromatic heterocycles. The zero-order chi connectivity index (χ0) is 13.7. The van der Waals surface area contributed by atoms with Crippen molar-refractivity contribution in [1.29, 1.82) is 0 Å².